The predicted octanol–water partition coefficient (Wildman–Crippen LogP) is 1.84. The molecule has 0 saturated carbocycles. The van der Waals surface area contributed by atoms with E-state index in [0.29, 0.717) is 23.9 Å². The zero-order valence-electron chi connectivity index (χ0n) is 10.8. The lowest BCUT2D eigenvalue weighted by atomic mass is 10.1. The number of aromatic nitrogens is 2. The maximum Gasteiger partial charge on any atom is 0.268 e. The first-order chi connectivity index (χ1) is 9.69. The van der Waals surface area contributed by atoms with Gasteiger partial charge in [0, 0.05) is 24.5 Å². The standard InChI is InChI=1S/C14H15ClN4O/c15-13-6-9(2-4-17-13)10-5-12-14(20)18-7-11(1-3-16)19(12)8-10/h2,4-6,8,11H,1,3,7,16H2,(H,18,20). The number of nitrogens with zero attached hydrogens (tertiary/aromatic N) is 2. The molecule has 104 valence electrons. The molecule has 0 spiro atoms. The van der Waals surface area contributed by atoms with Crippen LogP contribution in [0, 0.1) is 0 Å². The lowest BCUT2D eigenvalue weighted by Gasteiger charge is -2.25. The molecule has 2 aromatic heterocycles. The fourth-order valence-electron chi connectivity index (χ4n) is 2.54. The normalized spacial score (nSPS) is 17.7. The fourth-order valence-corrected chi connectivity index (χ4v) is 2.71. The van der Waals surface area contributed by atoms with Crippen LogP contribution in [0.3, 0.4) is 0 Å². The first kappa shape index (κ1) is 13.1. The minimum Gasteiger partial charge on any atom is -0.349 e. The number of carbonyl (C=O) groups excluding carboxylic acids is 1. The summed E-state index contributed by atoms with van der Waals surface area (Å²) >= 11 is 5.91. The maximum atomic E-state index is 11.9. The molecule has 1 amide bonds. The van der Waals surface area contributed by atoms with Gasteiger partial charge in [-0.3, -0.25) is 4.79 Å². The highest BCUT2D eigenvalue weighted by atomic mass is 35.5. The molecule has 5 nitrogen and oxygen atoms in total. The minimum atomic E-state index is -0.0512. The molecule has 0 radical (unpaired) electrons. The number of pyridine rings is 1. The fraction of sp³-hybridized carbons (Fsp3) is 0.286. The first-order valence-corrected chi connectivity index (χ1v) is 6.89. The zero-order valence-corrected chi connectivity index (χ0v) is 11.6. The van der Waals surface area contributed by atoms with E-state index in [9.17, 15) is 4.79 Å². The summed E-state index contributed by atoms with van der Waals surface area (Å²) in [6, 6.07) is 5.75. The topological polar surface area (TPSA) is 72.9 Å². The van der Waals surface area contributed by atoms with Gasteiger partial charge in [0.25, 0.3) is 5.91 Å². The number of nitrogens with two attached hydrogens (primary N) is 1. The Morgan fingerprint density at radius 2 is 2.30 bits per heavy atom. The Morgan fingerprint density at radius 3 is 3.05 bits per heavy atom. The Morgan fingerprint density at radius 1 is 1.45 bits per heavy atom. The van der Waals surface area contributed by atoms with Gasteiger partial charge in [0.1, 0.15) is 10.8 Å². The summed E-state index contributed by atoms with van der Waals surface area (Å²) in [6.07, 6.45) is 4.48. The molecule has 3 N–H and O–H groups in total. The molecule has 0 saturated heterocycles. The Labute approximate surface area is 121 Å². The summed E-state index contributed by atoms with van der Waals surface area (Å²) in [5.74, 6) is -0.0512. The maximum absolute atomic E-state index is 11.9. The van der Waals surface area contributed by atoms with Crippen LogP contribution in [0.25, 0.3) is 11.1 Å². The Bertz CT molecular complexity index is 652. The number of halogens is 1. The van der Waals surface area contributed by atoms with Crippen molar-refractivity contribution in [2.75, 3.05) is 13.1 Å². The summed E-state index contributed by atoms with van der Waals surface area (Å²) in [5.41, 5.74) is 8.21. The van der Waals surface area contributed by atoms with E-state index >= 15 is 0 Å². The summed E-state index contributed by atoms with van der Waals surface area (Å²) in [5, 5.41) is 3.34. The molecular weight excluding hydrogens is 276 g/mol. The van der Waals surface area contributed by atoms with Crippen LogP contribution in [0.4, 0.5) is 0 Å². The summed E-state index contributed by atoms with van der Waals surface area (Å²) in [7, 11) is 0. The van der Waals surface area contributed by atoms with Gasteiger partial charge in [-0.1, -0.05) is 11.6 Å². The van der Waals surface area contributed by atoms with E-state index in [2.05, 4.69) is 10.3 Å². The summed E-state index contributed by atoms with van der Waals surface area (Å²) < 4.78 is 2.01. The predicted molar refractivity (Wildman–Crippen MR) is 77.7 cm³/mol. The van der Waals surface area contributed by atoms with Crippen molar-refractivity contribution in [1.82, 2.24) is 14.9 Å². The van der Waals surface area contributed by atoms with E-state index in [0.717, 1.165) is 17.5 Å². The third kappa shape index (κ3) is 2.30. The van der Waals surface area contributed by atoms with Gasteiger partial charge in [-0.05, 0) is 36.7 Å². The van der Waals surface area contributed by atoms with Gasteiger partial charge in [-0.2, -0.15) is 0 Å². The van der Waals surface area contributed by atoms with Gasteiger partial charge in [-0.15, -0.1) is 0 Å². The molecule has 1 unspecified atom stereocenters. The van der Waals surface area contributed by atoms with Gasteiger partial charge >= 0.3 is 0 Å². The third-order valence-corrected chi connectivity index (χ3v) is 3.74. The van der Waals surface area contributed by atoms with Crippen LogP contribution in [0.2, 0.25) is 5.15 Å². The highest BCUT2D eigenvalue weighted by molar-refractivity contribution is 6.29. The van der Waals surface area contributed by atoms with Crippen molar-refractivity contribution >= 4 is 17.5 Å². The highest BCUT2D eigenvalue weighted by Gasteiger charge is 2.25. The van der Waals surface area contributed by atoms with Crippen LogP contribution in [-0.4, -0.2) is 28.5 Å². The van der Waals surface area contributed by atoms with E-state index < -0.39 is 0 Å². The van der Waals surface area contributed by atoms with Crippen LogP contribution in [0.15, 0.2) is 30.6 Å². The van der Waals surface area contributed by atoms with Crippen LogP contribution >= 0.6 is 11.6 Å². The largest absolute Gasteiger partial charge is 0.349 e. The Balaban J connectivity index is 2.04. The molecule has 2 aromatic rings. The molecule has 1 atom stereocenters. The number of carbonyl (C=O) groups is 1. The molecule has 6 heteroatoms. The smallest absolute Gasteiger partial charge is 0.268 e. The van der Waals surface area contributed by atoms with Crippen molar-refractivity contribution in [2.24, 2.45) is 5.73 Å². The second-order valence-corrected chi connectivity index (χ2v) is 5.22. The van der Waals surface area contributed by atoms with Crippen molar-refractivity contribution in [1.29, 1.82) is 0 Å². The first-order valence-electron chi connectivity index (χ1n) is 6.51. The van der Waals surface area contributed by atoms with Crippen molar-refractivity contribution in [3.63, 3.8) is 0 Å². The second-order valence-electron chi connectivity index (χ2n) is 4.83. The van der Waals surface area contributed by atoms with Gasteiger partial charge in [0.05, 0.1) is 6.04 Å². The van der Waals surface area contributed by atoms with Crippen molar-refractivity contribution < 1.29 is 4.79 Å². The van der Waals surface area contributed by atoms with Crippen LogP contribution in [-0.2, 0) is 0 Å². The lowest BCUT2D eigenvalue weighted by Crippen LogP contribution is -2.39. The lowest BCUT2D eigenvalue weighted by molar-refractivity contribution is 0.0913. The third-order valence-electron chi connectivity index (χ3n) is 3.53. The van der Waals surface area contributed by atoms with Crippen LogP contribution in [0.5, 0.6) is 0 Å². The van der Waals surface area contributed by atoms with E-state index in [-0.39, 0.29) is 11.9 Å². The van der Waals surface area contributed by atoms with Crippen molar-refractivity contribution in [2.45, 2.75) is 12.5 Å². The average Bonchev–Trinajstić information content (AvgIpc) is 2.88. The quantitative estimate of drug-likeness (QED) is 0.847. The number of hydrogen-bond donors (Lipinski definition) is 2. The molecule has 1 aliphatic heterocycles. The number of nitrogens with one attached hydrogen (secondary N) is 1. The monoisotopic (exact) mass is 290 g/mol. The van der Waals surface area contributed by atoms with E-state index in [4.69, 9.17) is 17.3 Å². The van der Waals surface area contributed by atoms with Crippen LogP contribution in [0.1, 0.15) is 23.0 Å². The zero-order chi connectivity index (χ0) is 14.1. The summed E-state index contributed by atoms with van der Waals surface area (Å²) in [6.45, 7) is 1.21. The number of amides is 1. The Kier molecular flexibility index (Phi) is 3.46. The average molecular weight is 291 g/mol. The number of hydrogen-bond acceptors (Lipinski definition) is 3. The van der Waals surface area contributed by atoms with Gasteiger partial charge < -0.3 is 15.6 Å². The van der Waals surface area contributed by atoms with E-state index in [1.165, 1.54) is 0 Å². The molecule has 0 aliphatic carbocycles. The van der Waals surface area contributed by atoms with Crippen molar-refractivity contribution in [3.8, 4) is 11.1 Å². The molecule has 3 heterocycles. The molecule has 3 rings (SSSR count). The molecule has 0 aromatic carbocycles. The second kappa shape index (κ2) is 5.26. The SMILES string of the molecule is NCCC1CNC(=O)c2cc(-c3ccnc(Cl)c3)cn21. The highest BCUT2D eigenvalue weighted by Crippen LogP contribution is 2.28. The van der Waals surface area contributed by atoms with Crippen molar-refractivity contribution in [3.05, 3.63) is 41.4 Å². The molecule has 1 aliphatic rings. The van der Waals surface area contributed by atoms with Gasteiger partial charge in [-0.25, -0.2) is 4.98 Å². The molecule has 0 fully saturated rings. The summed E-state index contributed by atoms with van der Waals surface area (Å²) in [4.78, 5) is 15.9. The van der Waals surface area contributed by atoms with E-state index in [1.54, 1.807) is 12.3 Å². The van der Waals surface area contributed by atoms with Gasteiger partial charge in [0.2, 0.25) is 0 Å². The number of fused-ring (bicyclic) bond motifs is 1. The molecule has 0 bridgehead atoms. The van der Waals surface area contributed by atoms with E-state index in [1.807, 2.05) is 22.9 Å². The molecular formula is C14H15ClN4O. The van der Waals surface area contributed by atoms with Gasteiger partial charge in [0.15, 0.2) is 0 Å². The Hall–Kier alpha value is -1.85. The van der Waals surface area contributed by atoms with Crippen LogP contribution < -0.4 is 11.1 Å². The number of rotatable bonds is 3. The molecule has 20 heavy (non-hydrogen) atoms. The minimum absolute atomic E-state index is 0.0512.